The van der Waals surface area contributed by atoms with E-state index in [1.165, 1.54) is 12.1 Å². The summed E-state index contributed by atoms with van der Waals surface area (Å²) in [6, 6.07) is 29.4. The van der Waals surface area contributed by atoms with E-state index in [-0.39, 0.29) is 42.6 Å². The highest BCUT2D eigenvalue weighted by Crippen LogP contribution is 2.29. The van der Waals surface area contributed by atoms with Crippen molar-refractivity contribution in [1.29, 1.82) is 0 Å². The van der Waals surface area contributed by atoms with Crippen LogP contribution in [-0.2, 0) is 4.79 Å². The molecule has 2 atom stereocenters. The van der Waals surface area contributed by atoms with Crippen LogP contribution in [0.3, 0.4) is 0 Å². The summed E-state index contributed by atoms with van der Waals surface area (Å²) >= 11 is 0. The molecule has 0 spiro atoms. The smallest absolute Gasteiger partial charge is 0.305 e. The van der Waals surface area contributed by atoms with Crippen molar-refractivity contribution in [2.75, 3.05) is 13.1 Å². The second-order valence-electron chi connectivity index (χ2n) is 10.0. The normalized spacial score (nSPS) is 12.3. The standard InChI is InChI=1S/C34H33FN2O4/c1-23(25-10-4-3-5-11-25)22-37(21-20-32(38)39)34(41)31-15-9-7-13-29(31)28-12-6-8-14-30(28)33(40)36-24(2)26-16-18-27(35)19-17-26/h3-19,23-24H,20-22H2,1-2H3,(H,36,40)(H,38,39). The molecule has 4 aromatic carbocycles. The molecule has 210 valence electrons. The number of carboxylic acids is 1. The summed E-state index contributed by atoms with van der Waals surface area (Å²) in [7, 11) is 0. The third kappa shape index (κ3) is 7.45. The largest absolute Gasteiger partial charge is 0.481 e. The van der Waals surface area contributed by atoms with E-state index < -0.39 is 5.97 Å². The van der Waals surface area contributed by atoms with E-state index in [4.69, 9.17) is 0 Å². The van der Waals surface area contributed by atoms with Crippen LogP contribution in [0.15, 0.2) is 103 Å². The van der Waals surface area contributed by atoms with Crippen molar-refractivity contribution in [2.24, 2.45) is 0 Å². The lowest BCUT2D eigenvalue weighted by molar-refractivity contribution is -0.137. The molecule has 2 unspecified atom stereocenters. The predicted octanol–water partition coefficient (Wildman–Crippen LogP) is 6.70. The molecule has 0 aliphatic heterocycles. The molecule has 0 saturated carbocycles. The van der Waals surface area contributed by atoms with E-state index in [1.807, 2.05) is 44.2 Å². The quantitative estimate of drug-likeness (QED) is 0.217. The van der Waals surface area contributed by atoms with Gasteiger partial charge in [-0.15, -0.1) is 0 Å². The molecular weight excluding hydrogens is 519 g/mol. The van der Waals surface area contributed by atoms with Crippen LogP contribution in [-0.4, -0.2) is 40.9 Å². The van der Waals surface area contributed by atoms with Crippen molar-refractivity contribution in [1.82, 2.24) is 10.2 Å². The Morgan fingerprint density at radius 3 is 1.95 bits per heavy atom. The molecule has 2 N–H and O–H groups in total. The number of hydrogen-bond donors (Lipinski definition) is 2. The van der Waals surface area contributed by atoms with Crippen LogP contribution in [0.1, 0.15) is 64.1 Å². The maximum atomic E-state index is 14.0. The fourth-order valence-electron chi connectivity index (χ4n) is 4.82. The van der Waals surface area contributed by atoms with Crippen LogP contribution in [0, 0.1) is 5.82 Å². The van der Waals surface area contributed by atoms with Crippen LogP contribution in [0.5, 0.6) is 0 Å². The van der Waals surface area contributed by atoms with E-state index in [1.54, 1.807) is 65.6 Å². The predicted molar refractivity (Wildman–Crippen MR) is 157 cm³/mol. The van der Waals surface area contributed by atoms with E-state index in [0.717, 1.165) is 11.1 Å². The highest BCUT2D eigenvalue weighted by molar-refractivity contribution is 6.06. The first-order chi connectivity index (χ1) is 19.7. The Morgan fingerprint density at radius 2 is 1.32 bits per heavy atom. The minimum absolute atomic E-state index is 0.0212. The Labute approximate surface area is 239 Å². The number of benzene rings is 4. The minimum Gasteiger partial charge on any atom is -0.481 e. The van der Waals surface area contributed by atoms with Crippen molar-refractivity contribution >= 4 is 17.8 Å². The summed E-state index contributed by atoms with van der Waals surface area (Å²) in [6.07, 6.45) is -0.185. The Balaban J connectivity index is 1.64. The molecular formula is C34H33FN2O4. The van der Waals surface area contributed by atoms with Crippen molar-refractivity contribution in [3.8, 4) is 11.1 Å². The van der Waals surface area contributed by atoms with Crippen LogP contribution < -0.4 is 5.32 Å². The Bertz CT molecular complexity index is 1500. The zero-order valence-electron chi connectivity index (χ0n) is 23.1. The molecule has 4 aromatic rings. The lowest BCUT2D eigenvalue weighted by atomic mass is 9.93. The summed E-state index contributed by atoms with van der Waals surface area (Å²) in [4.78, 5) is 40.4. The van der Waals surface area contributed by atoms with Crippen LogP contribution in [0.4, 0.5) is 4.39 Å². The van der Waals surface area contributed by atoms with E-state index in [2.05, 4.69) is 5.32 Å². The number of nitrogens with one attached hydrogen (secondary N) is 1. The number of carbonyl (C=O) groups excluding carboxylic acids is 2. The van der Waals surface area contributed by atoms with Gasteiger partial charge in [0.05, 0.1) is 12.5 Å². The number of amides is 2. The van der Waals surface area contributed by atoms with Gasteiger partial charge in [-0.05, 0) is 59.4 Å². The topological polar surface area (TPSA) is 86.7 Å². The molecule has 0 aliphatic rings. The highest BCUT2D eigenvalue weighted by atomic mass is 19.1. The SMILES string of the molecule is CC(CN(CCC(=O)O)C(=O)c1ccccc1-c1ccccc1C(=O)NC(C)c1ccc(F)cc1)c1ccccc1. The molecule has 41 heavy (non-hydrogen) atoms. The van der Waals surface area contributed by atoms with Gasteiger partial charge < -0.3 is 15.3 Å². The fourth-order valence-corrected chi connectivity index (χ4v) is 4.82. The monoisotopic (exact) mass is 552 g/mol. The van der Waals surface area contributed by atoms with Crippen molar-refractivity contribution in [3.05, 3.63) is 131 Å². The van der Waals surface area contributed by atoms with Crippen LogP contribution in [0.25, 0.3) is 11.1 Å². The summed E-state index contributed by atoms with van der Waals surface area (Å²) in [6.45, 7) is 4.21. The molecule has 0 aromatic heterocycles. The lowest BCUT2D eigenvalue weighted by Gasteiger charge is -2.27. The van der Waals surface area contributed by atoms with E-state index in [0.29, 0.717) is 28.8 Å². The number of aliphatic carboxylic acids is 1. The molecule has 0 fully saturated rings. The van der Waals surface area contributed by atoms with Crippen LogP contribution >= 0.6 is 0 Å². The van der Waals surface area contributed by atoms with Gasteiger partial charge in [0.1, 0.15) is 5.82 Å². The third-order valence-corrected chi connectivity index (χ3v) is 7.08. The number of carboxylic acid groups (broad SMARTS) is 1. The second-order valence-corrected chi connectivity index (χ2v) is 10.0. The molecule has 0 radical (unpaired) electrons. The van der Waals surface area contributed by atoms with Gasteiger partial charge in [-0.1, -0.05) is 85.8 Å². The zero-order chi connectivity index (χ0) is 29.4. The lowest BCUT2D eigenvalue weighted by Crippen LogP contribution is -2.36. The van der Waals surface area contributed by atoms with E-state index >= 15 is 0 Å². The molecule has 0 aliphatic carbocycles. The van der Waals surface area contributed by atoms with Crippen molar-refractivity contribution in [3.63, 3.8) is 0 Å². The van der Waals surface area contributed by atoms with Gasteiger partial charge in [-0.3, -0.25) is 14.4 Å². The van der Waals surface area contributed by atoms with Crippen molar-refractivity contribution < 1.29 is 23.9 Å². The highest BCUT2D eigenvalue weighted by Gasteiger charge is 2.24. The molecule has 7 heteroatoms. The van der Waals surface area contributed by atoms with Gasteiger partial charge >= 0.3 is 5.97 Å². The molecule has 4 rings (SSSR count). The number of rotatable bonds is 11. The number of halogens is 1. The average molecular weight is 553 g/mol. The average Bonchev–Trinajstić information content (AvgIpc) is 2.99. The molecule has 2 amide bonds. The zero-order valence-corrected chi connectivity index (χ0v) is 23.1. The summed E-state index contributed by atoms with van der Waals surface area (Å²) in [5, 5.41) is 12.3. The molecule has 6 nitrogen and oxygen atoms in total. The van der Waals surface area contributed by atoms with Gasteiger partial charge in [-0.25, -0.2) is 4.39 Å². The van der Waals surface area contributed by atoms with E-state index in [9.17, 15) is 23.9 Å². The number of nitrogens with zero attached hydrogens (tertiary/aromatic N) is 1. The van der Waals surface area contributed by atoms with Crippen LogP contribution in [0.2, 0.25) is 0 Å². The molecule has 0 heterocycles. The van der Waals surface area contributed by atoms with Crippen molar-refractivity contribution in [2.45, 2.75) is 32.2 Å². The second kappa shape index (κ2) is 13.5. The van der Waals surface area contributed by atoms with Gasteiger partial charge in [0, 0.05) is 24.2 Å². The van der Waals surface area contributed by atoms with Gasteiger partial charge in [0.25, 0.3) is 11.8 Å². The molecule has 0 bridgehead atoms. The molecule has 0 saturated heterocycles. The minimum atomic E-state index is -0.985. The first-order valence-corrected chi connectivity index (χ1v) is 13.6. The first kappa shape index (κ1) is 29.2. The maximum absolute atomic E-state index is 14.0. The Hall–Kier alpha value is -4.78. The Kier molecular flexibility index (Phi) is 9.64. The van der Waals surface area contributed by atoms with Gasteiger partial charge in [0.2, 0.25) is 0 Å². The van der Waals surface area contributed by atoms with Gasteiger partial charge in [0.15, 0.2) is 0 Å². The first-order valence-electron chi connectivity index (χ1n) is 13.6. The Morgan fingerprint density at radius 1 is 0.756 bits per heavy atom. The third-order valence-electron chi connectivity index (χ3n) is 7.08. The number of hydrogen-bond acceptors (Lipinski definition) is 3. The number of carbonyl (C=O) groups is 3. The summed E-state index contributed by atoms with van der Waals surface area (Å²) < 4.78 is 13.4. The summed E-state index contributed by atoms with van der Waals surface area (Å²) in [5.41, 5.74) is 3.72. The maximum Gasteiger partial charge on any atom is 0.305 e. The fraction of sp³-hybridized carbons (Fsp3) is 0.206. The van der Waals surface area contributed by atoms with Gasteiger partial charge in [-0.2, -0.15) is 0 Å². The summed E-state index contributed by atoms with van der Waals surface area (Å²) in [5.74, 6) is -2.00.